The zero-order valence-electron chi connectivity index (χ0n) is 14.9. The molecule has 2 saturated heterocycles. The molecule has 2 aliphatic rings. The molecule has 1 N–H and O–H groups in total. The van der Waals surface area contributed by atoms with Crippen LogP contribution in [0.1, 0.15) is 38.2 Å². The zero-order valence-corrected chi connectivity index (χ0v) is 14.9. The van der Waals surface area contributed by atoms with E-state index in [1.54, 1.807) is 0 Å². The summed E-state index contributed by atoms with van der Waals surface area (Å²) in [4.78, 5) is 26.6. The van der Waals surface area contributed by atoms with Gasteiger partial charge in [0.05, 0.1) is 0 Å². The van der Waals surface area contributed by atoms with Crippen molar-refractivity contribution in [2.75, 3.05) is 19.7 Å². The minimum Gasteiger partial charge on any atom is -0.368 e. The molecule has 2 fully saturated rings. The number of nitrogens with zero attached hydrogens (tertiary/aromatic N) is 1. The predicted molar refractivity (Wildman–Crippen MR) is 96.0 cm³/mol. The number of hydrogen-bond donors (Lipinski definition) is 1. The fourth-order valence-corrected chi connectivity index (χ4v) is 3.64. The summed E-state index contributed by atoms with van der Waals surface area (Å²) in [7, 11) is 0. The molecule has 0 aliphatic carbocycles. The van der Waals surface area contributed by atoms with Crippen molar-refractivity contribution in [3.63, 3.8) is 0 Å². The van der Waals surface area contributed by atoms with Crippen LogP contribution in [0.5, 0.6) is 0 Å². The van der Waals surface area contributed by atoms with Gasteiger partial charge in [-0.05, 0) is 37.2 Å². The third-order valence-corrected chi connectivity index (χ3v) is 5.29. The molecule has 2 heterocycles. The maximum absolute atomic E-state index is 12.5. The van der Waals surface area contributed by atoms with Crippen LogP contribution in [0.15, 0.2) is 30.3 Å². The van der Waals surface area contributed by atoms with Crippen LogP contribution in [0.2, 0.25) is 0 Å². The van der Waals surface area contributed by atoms with Crippen LogP contribution in [0.25, 0.3) is 0 Å². The third kappa shape index (κ3) is 4.82. The van der Waals surface area contributed by atoms with Crippen LogP contribution in [0.3, 0.4) is 0 Å². The first kappa shape index (κ1) is 17.9. The van der Waals surface area contributed by atoms with Crippen LogP contribution in [0, 0.1) is 5.92 Å². The van der Waals surface area contributed by atoms with Crippen molar-refractivity contribution in [2.24, 2.45) is 5.92 Å². The molecule has 1 aromatic rings. The number of carbonyl (C=O) groups excluding carboxylic acids is 2. The smallest absolute Gasteiger partial charge is 0.251 e. The molecule has 2 amide bonds. The van der Waals surface area contributed by atoms with Crippen molar-refractivity contribution in [1.82, 2.24) is 10.2 Å². The monoisotopic (exact) mass is 344 g/mol. The summed E-state index contributed by atoms with van der Waals surface area (Å²) in [6, 6.07) is 10.2. The number of carbonyl (C=O) groups is 2. The zero-order chi connectivity index (χ0) is 17.6. The van der Waals surface area contributed by atoms with Gasteiger partial charge in [0, 0.05) is 32.2 Å². The second-order valence-electron chi connectivity index (χ2n) is 7.21. The Hall–Kier alpha value is -1.88. The average molecular weight is 344 g/mol. The number of ether oxygens (including phenoxy) is 1. The number of likely N-dealkylation sites (tertiary alicyclic amines) is 1. The van der Waals surface area contributed by atoms with Gasteiger partial charge in [0.15, 0.2) is 0 Å². The third-order valence-electron chi connectivity index (χ3n) is 5.29. The lowest BCUT2D eigenvalue weighted by atomic mass is 10.00. The number of nitrogens with one attached hydrogen (secondary N) is 1. The number of aryl methyl sites for hydroxylation is 1. The molecule has 0 radical (unpaired) electrons. The van der Waals surface area contributed by atoms with E-state index in [2.05, 4.69) is 12.2 Å². The molecule has 0 unspecified atom stereocenters. The van der Waals surface area contributed by atoms with E-state index in [1.807, 2.05) is 35.2 Å². The van der Waals surface area contributed by atoms with Crippen molar-refractivity contribution < 1.29 is 14.3 Å². The van der Waals surface area contributed by atoms with E-state index in [1.165, 1.54) is 5.56 Å². The average Bonchev–Trinajstić information content (AvgIpc) is 3.07. The number of rotatable bonds is 5. The van der Waals surface area contributed by atoms with E-state index in [0.717, 1.165) is 25.7 Å². The molecule has 1 aromatic carbocycles. The highest BCUT2D eigenvalue weighted by atomic mass is 16.5. The van der Waals surface area contributed by atoms with Crippen LogP contribution in [-0.2, 0) is 20.7 Å². The highest BCUT2D eigenvalue weighted by Gasteiger charge is 2.35. The fraction of sp³-hybridized carbons (Fsp3) is 0.600. The minimum absolute atomic E-state index is 0.0985. The van der Waals surface area contributed by atoms with E-state index in [0.29, 0.717) is 32.0 Å². The van der Waals surface area contributed by atoms with E-state index < -0.39 is 0 Å². The molecular formula is C20H28N2O3. The fourth-order valence-electron chi connectivity index (χ4n) is 3.64. The molecule has 0 spiro atoms. The molecule has 2 aliphatic heterocycles. The Bertz CT molecular complexity index is 582. The van der Waals surface area contributed by atoms with E-state index in [9.17, 15) is 9.59 Å². The largest absolute Gasteiger partial charge is 0.368 e. The maximum Gasteiger partial charge on any atom is 0.251 e. The summed E-state index contributed by atoms with van der Waals surface area (Å²) in [6.07, 6.45) is 3.62. The van der Waals surface area contributed by atoms with Crippen LogP contribution < -0.4 is 5.32 Å². The van der Waals surface area contributed by atoms with Gasteiger partial charge in [-0.15, -0.1) is 0 Å². The molecule has 5 heteroatoms. The van der Waals surface area contributed by atoms with Gasteiger partial charge in [0.2, 0.25) is 5.91 Å². The van der Waals surface area contributed by atoms with Crippen molar-refractivity contribution >= 4 is 11.8 Å². The van der Waals surface area contributed by atoms with Gasteiger partial charge < -0.3 is 15.0 Å². The molecule has 0 aromatic heterocycles. The topological polar surface area (TPSA) is 58.6 Å². The summed E-state index contributed by atoms with van der Waals surface area (Å²) in [5, 5.41) is 3.12. The van der Waals surface area contributed by atoms with E-state index in [-0.39, 0.29) is 24.0 Å². The maximum atomic E-state index is 12.5. The molecule has 25 heavy (non-hydrogen) atoms. The van der Waals surface area contributed by atoms with Crippen LogP contribution in [-0.4, -0.2) is 48.6 Å². The number of amides is 2. The van der Waals surface area contributed by atoms with Crippen LogP contribution >= 0.6 is 0 Å². The summed E-state index contributed by atoms with van der Waals surface area (Å²) in [6.45, 7) is 4.17. The molecular weight excluding hydrogens is 316 g/mol. The first-order chi connectivity index (χ1) is 12.1. The number of benzene rings is 1. The predicted octanol–water partition coefficient (Wildman–Crippen LogP) is 2.15. The quantitative estimate of drug-likeness (QED) is 0.890. The van der Waals surface area contributed by atoms with Gasteiger partial charge >= 0.3 is 0 Å². The summed E-state index contributed by atoms with van der Waals surface area (Å²) < 4.78 is 5.58. The highest BCUT2D eigenvalue weighted by Crippen LogP contribution is 2.23. The SMILES string of the molecule is C[C@@H]1CCO[C@@H]1C(=O)N1CCC(NC(=O)CCc2ccccc2)CC1. The van der Waals surface area contributed by atoms with Crippen molar-refractivity contribution in [3.8, 4) is 0 Å². The Labute approximate surface area is 149 Å². The summed E-state index contributed by atoms with van der Waals surface area (Å²) in [5.41, 5.74) is 1.18. The van der Waals surface area contributed by atoms with Gasteiger partial charge in [0.1, 0.15) is 6.10 Å². The second kappa shape index (κ2) is 8.48. The van der Waals surface area contributed by atoms with Gasteiger partial charge in [-0.2, -0.15) is 0 Å². The number of piperidine rings is 1. The molecule has 0 bridgehead atoms. The Morgan fingerprint density at radius 2 is 1.88 bits per heavy atom. The first-order valence-corrected chi connectivity index (χ1v) is 9.37. The summed E-state index contributed by atoms with van der Waals surface area (Å²) >= 11 is 0. The van der Waals surface area contributed by atoms with E-state index >= 15 is 0 Å². The Morgan fingerprint density at radius 3 is 2.52 bits per heavy atom. The number of hydrogen-bond acceptors (Lipinski definition) is 3. The van der Waals surface area contributed by atoms with Crippen molar-refractivity contribution in [3.05, 3.63) is 35.9 Å². The van der Waals surface area contributed by atoms with Gasteiger partial charge in [-0.25, -0.2) is 0 Å². The summed E-state index contributed by atoms with van der Waals surface area (Å²) in [5.74, 6) is 0.531. The van der Waals surface area contributed by atoms with E-state index in [4.69, 9.17) is 4.74 Å². The van der Waals surface area contributed by atoms with Crippen molar-refractivity contribution in [2.45, 2.75) is 51.2 Å². The Kier molecular flexibility index (Phi) is 6.08. The second-order valence-corrected chi connectivity index (χ2v) is 7.21. The Morgan fingerprint density at radius 1 is 1.16 bits per heavy atom. The normalized spacial score (nSPS) is 24.3. The van der Waals surface area contributed by atoms with Crippen molar-refractivity contribution in [1.29, 1.82) is 0 Å². The molecule has 5 nitrogen and oxygen atoms in total. The lowest BCUT2D eigenvalue weighted by molar-refractivity contribution is -0.143. The first-order valence-electron chi connectivity index (χ1n) is 9.37. The highest BCUT2D eigenvalue weighted by molar-refractivity contribution is 5.81. The molecule has 136 valence electrons. The van der Waals surface area contributed by atoms with Gasteiger partial charge in [-0.3, -0.25) is 9.59 Å². The van der Waals surface area contributed by atoms with Gasteiger partial charge in [0.25, 0.3) is 5.91 Å². The molecule has 0 saturated carbocycles. The van der Waals surface area contributed by atoms with Gasteiger partial charge in [-0.1, -0.05) is 37.3 Å². The minimum atomic E-state index is -0.267. The lowest BCUT2D eigenvalue weighted by Crippen LogP contribution is -2.49. The molecule has 2 atom stereocenters. The standard InChI is InChI=1S/C20H28N2O3/c1-15-11-14-25-19(15)20(24)22-12-9-17(10-13-22)21-18(23)8-7-16-5-3-2-4-6-16/h2-6,15,17,19H,7-14H2,1H3,(H,21,23)/t15-,19+/m1/s1. The Balaban J connectivity index is 1.38. The lowest BCUT2D eigenvalue weighted by Gasteiger charge is -2.34. The van der Waals surface area contributed by atoms with Crippen LogP contribution in [0.4, 0.5) is 0 Å². The molecule has 3 rings (SSSR count).